The van der Waals surface area contributed by atoms with E-state index in [0.29, 0.717) is 16.8 Å². The molecule has 0 spiro atoms. The van der Waals surface area contributed by atoms with Gasteiger partial charge in [-0.3, -0.25) is 4.79 Å². The zero-order chi connectivity index (χ0) is 15.2. The van der Waals surface area contributed by atoms with Crippen LogP contribution >= 0.6 is 11.6 Å². The SMILES string of the molecule is COc1ccc(N[C@H](C)C(=O)NC2CCCCC2)cc1Cl. The molecular weight excluding hydrogens is 288 g/mol. The van der Waals surface area contributed by atoms with Gasteiger partial charge in [-0.25, -0.2) is 0 Å². The maximum absolute atomic E-state index is 12.2. The lowest BCUT2D eigenvalue weighted by Gasteiger charge is -2.25. The minimum atomic E-state index is -0.295. The number of nitrogens with one attached hydrogen (secondary N) is 2. The largest absolute Gasteiger partial charge is 0.495 e. The van der Waals surface area contributed by atoms with Crippen LogP contribution in [0.1, 0.15) is 39.0 Å². The lowest BCUT2D eigenvalue weighted by Crippen LogP contribution is -2.43. The number of hydrogen-bond donors (Lipinski definition) is 2. The molecule has 2 rings (SSSR count). The fraction of sp³-hybridized carbons (Fsp3) is 0.562. The third-order valence-corrected chi connectivity index (χ3v) is 4.18. The first-order valence-corrected chi connectivity index (χ1v) is 7.88. The summed E-state index contributed by atoms with van der Waals surface area (Å²) in [6.07, 6.45) is 5.88. The summed E-state index contributed by atoms with van der Waals surface area (Å²) in [4.78, 5) is 12.2. The minimum Gasteiger partial charge on any atom is -0.495 e. The van der Waals surface area contributed by atoms with Gasteiger partial charge >= 0.3 is 0 Å². The molecule has 1 atom stereocenters. The van der Waals surface area contributed by atoms with Gasteiger partial charge in [0, 0.05) is 11.7 Å². The van der Waals surface area contributed by atoms with E-state index in [1.165, 1.54) is 19.3 Å². The fourth-order valence-corrected chi connectivity index (χ4v) is 2.90. The Kier molecular flexibility index (Phi) is 5.74. The molecule has 2 N–H and O–H groups in total. The summed E-state index contributed by atoms with van der Waals surface area (Å²) >= 11 is 6.08. The Hall–Kier alpha value is -1.42. The van der Waals surface area contributed by atoms with Crippen molar-refractivity contribution in [2.75, 3.05) is 12.4 Å². The summed E-state index contributed by atoms with van der Waals surface area (Å²) in [7, 11) is 1.58. The zero-order valence-electron chi connectivity index (χ0n) is 12.6. The number of hydrogen-bond acceptors (Lipinski definition) is 3. The van der Waals surface area contributed by atoms with Crippen LogP contribution in [0.15, 0.2) is 18.2 Å². The van der Waals surface area contributed by atoms with Gasteiger partial charge in [0.2, 0.25) is 5.91 Å². The number of rotatable bonds is 5. The van der Waals surface area contributed by atoms with Gasteiger partial charge in [0.25, 0.3) is 0 Å². The number of halogens is 1. The third kappa shape index (κ3) is 4.53. The Bertz CT molecular complexity index is 487. The van der Waals surface area contributed by atoms with Crippen LogP contribution in [0, 0.1) is 0 Å². The summed E-state index contributed by atoms with van der Waals surface area (Å²) < 4.78 is 5.11. The van der Waals surface area contributed by atoms with E-state index in [1.54, 1.807) is 19.2 Å². The van der Waals surface area contributed by atoms with Crippen LogP contribution in [0.2, 0.25) is 5.02 Å². The standard InChI is InChI=1S/C16H23ClN2O2/c1-11(16(20)19-12-6-4-3-5-7-12)18-13-8-9-15(21-2)14(17)10-13/h8-12,18H,3-7H2,1-2H3,(H,19,20)/t11-/m1/s1. The molecule has 0 radical (unpaired) electrons. The van der Waals surface area contributed by atoms with Crippen LogP contribution < -0.4 is 15.4 Å². The highest BCUT2D eigenvalue weighted by Gasteiger charge is 2.19. The second kappa shape index (κ2) is 7.55. The predicted octanol–water partition coefficient (Wildman–Crippen LogP) is 3.60. The number of carbonyl (C=O) groups is 1. The average molecular weight is 311 g/mol. The maximum Gasteiger partial charge on any atom is 0.242 e. The van der Waals surface area contributed by atoms with Gasteiger partial charge in [-0.15, -0.1) is 0 Å². The zero-order valence-corrected chi connectivity index (χ0v) is 13.4. The van der Waals surface area contributed by atoms with Gasteiger partial charge in [0.1, 0.15) is 11.8 Å². The van der Waals surface area contributed by atoms with Crippen molar-refractivity contribution in [3.8, 4) is 5.75 Å². The molecule has 1 aliphatic carbocycles. The van der Waals surface area contributed by atoms with E-state index in [1.807, 2.05) is 13.0 Å². The quantitative estimate of drug-likeness (QED) is 0.873. The Balaban J connectivity index is 1.89. The highest BCUT2D eigenvalue weighted by molar-refractivity contribution is 6.32. The third-order valence-electron chi connectivity index (χ3n) is 3.88. The molecule has 0 aromatic heterocycles. The summed E-state index contributed by atoms with van der Waals surface area (Å²) in [6, 6.07) is 5.45. The molecule has 5 heteroatoms. The van der Waals surface area contributed by atoms with Gasteiger partial charge in [0.05, 0.1) is 12.1 Å². The molecule has 4 nitrogen and oxygen atoms in total. The second-order valence-corrected chi connectivity index (χ2v) is 5.97. The van der Waals surface area contributed by atoms with Crippen molar-refractivity contribution in [2.45, 2.75) is 51.1 Å². The van der Waals surface area contributed by atoms with Crippen LogP contribution in [0.5, 0.6) is 5.75 Å². The summed E-state index contributed by atoms with van der Waals surface area (Å²) in [5.74, 6) is 0.662. The summed E-state index contributed by atoms with van der Waals surface area (Å²) in [5.41, 5.74) is 0.812. The molecule has 0 saturated heterocycles. The molecule has 0 unspecified atom stereocenters. The Labute approximate surface area is 131 Å². The number of benzene rings is 1. The van der Waals surface area contributed by atoms with E-state index in [-0.39, 0.29) is 11.9 Å². The number of amides is 1. The van der Waals surface area contributed by atoms with Gasteiger partial charge in [0.15, 0.2) is 0 Å². The summed E-state index contributed by atoms with van der Waals surface area (Å²) in [5, 5.41) is 6.82. The maximum atomic E-state index is 12.2. The van der Waals surface area contributed by atoms with E-state index in [0.717, 1.165) is 18.5 Å². The van der Waals surface area contributed by atoms with Crippen LogP contribution in [-0.4, -0.2) is 25.1 Å². The number of anilines is 1. The molecule has 0 heterocycles. The molecule has 1 fully saturated rings. The first kappa shape index (κ1) is 16.0. The Morgan fingerprint density at radius 2 is 2.05 bits per heavy atom. The van der Waals surface area contributed by atoms with E-state index in [2.05, 4.69) is 10.6 Å². The summed E-state index contributed by atoms with van der Waals surface area (Å²) in [6.45, 7) is 1.86. The van der Waals surface area contributed by atoms with E-state index in [4.69, 9.17) is 16.3 Å². The van der Waals surface area contributed by atoms with Gasteiger partial charge < -0.3 is 15.4 Å². The van der Waals surface area contributed by atoms with E-state index >= 15 is 0 Å². The monoisotopic (exact) mass is 310 g/mol. The molecule has 1 amide bonds. The molecule has 0 aliphatic heterocycles. The number of methoxy groups -OCH3 is 1. The first-order chi connectivity index (χ1) is 10.1. The average Bonchev–Trinajstić information content (AvgIpc) is 2.48. The molecule has 21 heavy (non-hydrogen) atoms. The smallest absolute Gasteiger partial charge is 0.242 e. The van der Waals surface area contributed by atoms with Crippen LogP contribution in [-0.2, 0) is 4.79 Å². The topological polar surface area (TPSA) is 50.4 Å². The van der Waals surface area contributed by atoms with Crippen molar-refractivity contribution in [3.63, 3.8) is 0 Å². The molecular formula is C16H23ClN2O2. The molecule has 1 aromatic rings. The lowest BCUT2D eigenvalue weighted by atomic mass is 9.95. The second-order valence-electron chi connectivity index (χ2n) is 5.56. The van der Waals surface area contributed by atoms with Crippen molar-refractivity contribution < 1.29 is 9.53 Å². The van der Waals surface area contributed by atoms with Crippen molar-refractivity contribution in [2.24, 2.45) is 0 Å². The van der Waals surface area contributed by atoms with E-state index in [9.17, 15) is 4.79 Å². The van der Waals surface area contributed by atoms with Crippen molar-refractivity contribution >= 4 is 23.2 Å². The molecule has 0 bridgehead atoms. The highest BCUT2D eigenvalue weighted by atomic mass is 35.5. The Morgan fingerprint density at radius 1 is 1.33 bits per heavy atom. The lowest BCUT2D eigenvalue weighted by molar-refractivity contribution is -0.122. The molecule has 1 aliphatic rings. The highest BCUT2D eigenvalue weighted by Crippen LogP contribution is 2.27. The first-order valence-electron chi connectivity index (χ1n) is 7.50. The van der Waals surface area contributed by atoms with Crippen LogP contribution in [0.4, 0.5) is 5.69 Å². The fourth-order valence-electron chi connectivity index (χ4n) is 2.64. The predicted molar refractivity (Wildman–Crippen MR) is 86.1 cm³/mol. The van der Waals surface area contributed by atoms with Crippen LogP contribution in [0.3, 0.4) is 0 Å². The van der Waals surface area contributed by atoms with Gasteiger partial charge in [-0.05, 0) is 38.0 Å². The van der Waals surface area contributed by atoms with Crippen molar-refractivity contribution in [1.82, 2.24) is 5.32 Å². The molecule has 1 saturated carbocycles. The van der Waals surface area contributed by atoms with Crippen molar-refractivity contribution in [1.29, 1.82) is 0 Å². The minimum absolute atomic E-state index is 0.0360. The Morgan fingerprint density at radius 3 is 2.67 bits per heavy atom. The number of ether oxygens (including phenoxy) is 1. The van der Waals surface area contributed by atoms with Gasteiger partial charge in [-0.2, -0.15) is 0 Å². The molecule has 116 valence electrons. The van der Waals surface area contributed by atoms with Crippen molar-refractivity contribution in [3.05, 3.63) is 23.2 Å². The number of carbonyl (C=O) groups excluding carboxylic acids is 1. The van der Waals surface area contributed by atoms with Crippen LogP contribution in [0.25, 0.3) is 0 Å². The van der Waals surface area contributed by atoms with E-state index < -0.39 is 0 Å². The molecule has 1 aromatic carbocycles. The van der Waals surface area contributed by atoms with Gasteiger partial charge in [-0.1, -0.05) is 30.9 Å². The normalized spacial score (nSPS) is 17.1.